The lowest BCUT2D eigenvalue weighted by atomic mass is 10.1. The Morgan fingerprint density at radius 3 is 2.64 bits per heavy atom. The Morgan fingerprint density at radius 2 is 1.91 bits per heavy atom. The van der Waals surface area contributed by atoms with E-state index in [1.807, 2.05) is 73.8 Å². The van der Waals surface area contributed by atoms with Crippen LogP contribution in [0.4, 0.5) is 0 Å². The highest BCUT2D eigenvalue weighted by molar-refractivity contribution is 5.94. The second-order valence-electron chi connectivity index (χ2n) is 5.58. The van der Waals surface area contributed by atoms with Crippen LogP contribution in [-0.4, -0.2) is 15.3 Å². The molecule has 4 heteroatoms. The molecular weight excluding hydrogens is 274 g/mol. The SMILES string of the molecule is Cc1ccn2c(C(=O)NC(C)c3ccccc3)c(C)nc2c1. The fourth-order valence-electron chi connectivity index (χ4n) is 2.63. The normalized spacial score (nSPS) is 12.3. The second-order valence-corrected chi connectivity index (χ2v) is 5.58. The average Bonchev–Trinajstić information content (AvgIpc) is 2.83. The van der Waals surface area contributed by atoms with Gasteiger partial charge in [0.25, 0.3) is 5.91 Å². The van der Waals surface area contributed by atoms with Crippen LogP contribution in [0.15, 0.2) is 48.7 Å². The molecule has 1 amide bonds. The zero-order valence-corrected chi connectivity index (χ0v) is 13.0. The molecule has 1 aromatic carbocycles. The van der Waals surface area contributed by atoms with Gasteiger partial charge in [0.05, 0.1) is 11.7 Å². The minimum absolute atomic E-state index is 0.0518. The number of aryl methyl sites for hydroxylation is 2. The molecule has 0 saturated heterocycles. The van der Waals surface area contributed by atoms with E-state index < -0.39 is 0 Å². The van der Waals surface area contributed by atoms with Crippen LogP contribution in [0.2, 0.25) is 0 Å². The summed E-state index contributed by atoms with van der Waals surface area (Å²) in [6.07, 6.45) is 1.90. The number of pyridine rings is 1. The van der Waals surface area contributed by atoms with E-state index >= 15 is 0 Å². The third-order valence-electron chi connectivity index (χ3n) is 3.82. The number of nitrogens with one attached hydrogen (secondary N) is 1. The minimum atomic E-state index is -0.106. The van der Waals surface area contributed by atoms with Crippen molar-refractivity contribution in [2.24, 2.45) is 0 Å². The Hall–Kier alpha value is -2.62. The van der Waals surface area contributed by atoms with Crippen LogP contribution in [-0.2, 0) is 0 Å². The van der Waals surface area contributed by atoms with Gasteiger partial charge in [-0.05, 0) is 44.0 Å². The summed E-state index contributed by atoms with van der Waals surface area (Å²) < 4.78 is 1.84. The van der Waals surface area contributed by atoms with E-state index in [2.05, 4.69) is 10.3 Å². The summed E-state index contributed by atoms with van der Waals surface area (Å²) in [5.41, 5.74) is 4.34. The molecule has 112 valence electrons. The van der Waals surface area contributed by atoms with Gasteiger partial charge >= 0.3 is 0 Å². The fraction of sp³-hybridized carbons (Fsp3) is 0.222. The molecule has 4 nitrogen and oxygen atoms in total. The van der Waals surface area contributed by atoms with E-state index in [1.54, 1.807) is 0 Å². The molecule has 1 N–H and O–H groups in total. The van der Waals surface area contributed by atoms with Crippen LogP contribution in [0.3, 0.4) is 0 Å². The summed E-state index contributed by atoms with van der Waals surface area (Å²) >= 11 is 0. The van der Waals surface area contributed by atoms with Crippen LogP contribution in [0.1, 0.15) is 40.3 Å². The van der Waals surface area contributed by atoms with Crippen molar-refractivity contribution >= 4 is 11.6 Å². The Morgan fingerprint density at radius 1 is 1.18 bits per heavy atom. The van der Waals surface area contributed by atoms with E-state index in [0.29, 0.717) is 5.69 Å². The maximum atomic E-state index is 12.6. The Kier molecular flexibility index (Phi) is 3.67. The van der Waals surface area contributed by atoms with Gasteiger partial charge in [-0.3, -0.25) is 9.20 Å². The molecule has 3 rings (SSSR count). The van der Waals surface area contributed by atoms with Crippen LogP contribution >= 0.6 is 0 Å². The highest BCUT2D eigenvalue weighted by Crippen LogP contribution is 2.16. The number of carbonyl (C=O) groups excluding carboxylic acids is 1. The zero-order chi connectivity index (χ0) is 15.7. The number of fused-ring (bicyclic) bond motifs is 1. The number of aromatic nitrogens is 2. The van der Waals surface area contributed by atoms with Gasteiger partial charge < -0.3 is 5.32 Å². The van der Waals surface area contributed by atoms with Crippen molar-refractivity contribution in [3.05, 3.63) is 71.2 Å². The largest absolute Gasteiger partial charge is 0.344 e. The first kappa shape index (κ1) is 14.3. The van der Waals surface area contributed by atoms with E-state index in [9.17, 15) is 4.79 Å². The number of imidazole rings is 1. The van der Waals surface area contributed by atoms with E-state index in [-0.39, 0.29) is 11.9 Å². The lowest BCUT2D eigenvalue weighted by molar-refractivity contribution is 0.0933. The lowest BCUT2D eigenvalue weighted by Crippen LogP contribution is -2.28. The minimum Gasteiger partial charge on any atom is -0.344 e. The van der Waals surface area contributed by atoms with Gasteiger partial charge in [0.15, 0.2) is 0 Å². The number of benzene rings is 1. The molecule has 0 aliphatic rings. The zero-order valence-electron chi connectivity index (χ0n) is 13.0. The molecule has 2 aromatic heterocycles. The van der Waals surface area contributed by atoms with Gasteiger partial charge in [0.2, 0.25) is 0 Å². The summed E-state index contributed by atoms with van der Waals surface area (Å²) in [7, 11) is 0. The quantitative estimate of drug-likeness (QED) is 0.804. The number of nitrogens with zero attached hydrogens (tertiary/aromatic N) is 2. The third-order valence-corrected chi connectivity index (χ3v) is 3.82. The smallest absolute Gasteiger partial charge is 0.270 e. The number of rotatable bonds is 3. The van der Waals surface area contributed by atoms with Gasteiger partial charge in [0.1, 0.15) is 11.3 Å². The number of amides is 1. The Bertz CT molecular complexity index is 821. The monoisotopic (exact) mass is 293 g/mol. The van der Waals surface area contributed by atoms with Crippen molar-refractivity contribution in [2.45, 2.75) is 26.8 Å². The first-order valence-corrected chi connectivity index (χ1v) is 7.37. The molecule has 0 aliphatic heterocycles. The molecule has 0 bridgehead atoms. The molecule has 22 heavy (non-hydrogen) atoms. The van der Waals surface area contributed by atoms with E-state index in [1.165, 1.54) is 0 Å². The highest BCUT2D eigenvalue weighted by Gasteiger charge is 2.18. The van der Waals surface area contributed by atoms with E-state index in [0.717, 1.165) is 22.5 Å². The van der Waals surface area contributed by atoms with Gasteiger partial charge in [0, 0.05) is 6.20 Å². The standard InChI is InChI=1S/C18H19N3O/c1-12-9-10-21-16(11-12)19-14(3)17(21)18(22)20-13(2)15-7-5-4-6-8-15/h4-11,13H,1-3H3,(H,20,22). The highest BCUT2D eigenvalue weighted by atomic mass is 16.2. The molecule has 3 aromatic rings. The number of hydrogen-bond donors (Lipinski definition) is 1. The van der Waals surface area contributed by atoms with Crippen LogP contribution in [0.25, 0.3) is 5.65 Å². The van der Waals surface area contributed by atoms with Crippen molar-refractivity contribution in [1.29, 1.82) is 0 Å². The summed E-state index contributed by atoms with van der Waals surface area (Å²) in [4.78, 5) is 17.1. The molecule has 0 fully saturated rings. The summed E-state index contributed by atoms with van der Waals surface area (Å²) in [5, 5.41) is 3.05. The lowest BCUT2D eigenvalue weighted by Gasteiger charge is -2.14. The topological polar surface area (TPSA) is 46.4 Å². The maximum absolute atomic E-state index is 12.6. The third kappa shape index (κ3) is 2.60. The van der Waals surface area contributed by atoms with Gasteiger partial charge in [-0.1, -0.05) is 30.3 Å². The molecule has 0 radical (unpaired) electrons. The molecule has 1 atom stereocenters. The van der Waals surface area contributed by atoms with Gasteiger partial charge in [-0.2, -0.15) is 0 Å². The summed E-state index contributed by atoms with van der Waals surface area (Å²) in [6, 6.07) is 13.8. The first-order valence-electron chi connectivity index (χ1n) is 7.37. The second kappa shape index (κ2) is 5.64. The van der Waals surface area contributed by atoms with Crippen molar-refractivity contribution in [2.75, 3.05) is 0 Å². The van der Waals surface area contributed by atoms with Crippen molar-refractivity contribution in [3.63, 3.8) is 0 Å². The molecule has 0 aliphatic carbocycles. The Balaban J connectivity index is 1.91. The Labute approximate surface area is 129 Å². The van der Waals surface area contributed by atoms with Crippen LogP contribution < -0.4 is 5.32 Å². The number of carbonyl (C=O) groups is 1. The van der Waals surface area contributed by atoms with E-state index in [4.69, 9.17) is 0 Å². The van der Waals surface area contributed by atoms with Gasteiger partial charge in [-0.25, -0.2) is 4.98 Å². The fourth-order valence-corrected chi connectivity index (χ4v) is 2.63. The van der Waals surface area contributed by atoms with Crippen LogP contribution in [0.5, 0.6) is 0 Å². The van der Waals surface area contributed by atoms with Crippen molar-refractivity contribution in [3.8, 4) is 0 Å². The van der Waals surface area contributed by atoms with Crippen molar-refractivity contribution < 1.29 is 4.79 Å². The maximum Gasteiger partial charge on any atom is 0.270 e. The van der Waals surface area contributed by atoms with Gasteiger partial charge in [-0.15, -0.1) is 0 Å². The number of hydrogen-bond acceptors (Lipinski definition) is 2. The summed E-state index contributed by atoms with van der Waals surface area (Å²) in [5.74, 6) is -0.106. The predicted octanol–water partition coefficient (Wildman–Crippen LogP) is 3.44. The predicted molar refractivity (Wildman–Crippen MR) is 87.0 cm³/mol. The molecule has 0 saturated carbocycles. The van der Waals surface area contributed by atoms with Crippen LogP contribution in [0, 0.1) is 13.8 Å². The molecule has 1 unspecified atom stereocenters. The van der Waals surface area contributed by atoms with Crippen molar-refractivity contribution in [1.82, 2.24) is 14.7 Å². The molecule has 2 heterocycles. The first-order chi connectivity index (χ1) is 10.6. The molecular formula is C18H19N3O. The average molecular weight is 293 g/mol. The molecule has 0 spiro atoms. The summed E-state index contributed by atoms with van der Waals surface area (Å²) in [6.45, 7) is 5.86.